The molecule has 0 amide bonds. The van der Waals surface area contributed by atoms with Gasteiger partial charge in [-0.2, -0.15) is 0 Å². The molecule has 7 heteroatoms. The van der Waals surface area contributed by atoms with Crippen LogP contribution in [0.25, 0.3) is 0 Å². The van der Waals surface area contributed by atoms with Gasteiger partial charge in [0.15, 0.2) is 0 Å². The van der Waals surface area contributed by atoms with Gasteiger partial charge in [-0.15, -0.1) is 0 Å². The van der Waals surface area contributed by atoms with E-state index in [4.69, 9.17) is 23.7 Å². The molecule has 17 heavy (non-hydrogen) atoms. The Hall–Kier alpha value is -0.280. The van der Waals surface area contributed by atoms with Gasteiger partial charge in [-0.25, -0.2) is 0 Å². The molecule has 0 aliphatic heterocycles. The van der Waals surface area contributed by atoms with Crippen molar-refractivity contribution >= 4 is 0 Å². The largest absolute Gasteiger partial charge is 0.412 e. The monoisotopic (exact) mass is 258 g/mol. The second-order valence-electron chi connectivity index (χ2n) is 2.82. The first-order valence-corrected chi connectivity index (χ1v) is 5.13. The van der Waals surface area contributed by atoms with E-state index in [1.54, 1.807) is 14.2 Å². The second-order valence-corrected chi connectivity index (χ2v) is 2.82. The Morgan fingerprint density at radius 1 is 0.471 bits per heavy atom. The van der Waals surface area contributed by atoms with Crippen LogP contribution in [0.15, 0.2) is 0 Å². The number of ether oxygens (including phenoxy) is 5. The summed E-state index contributed by atoms with van der Waals surface area (Å²) in [6, 6.07) is 0. The second kappa shape index (κ2) is 21.1. The van der Waals surface area contributed by atoms with Crippen LogP contribution in [0.2, 0.25) is 0 Å². The summed E-state index contributed by atoms with van der Waals surface area (Å²) in [6.45, 7) is 4.87. The van der Waals surface area contributed by atoms with Gasteiger partial charge in [-0.05, 0) is 0 Å². The molecule has 7 nitrogen and oxygen atoms in total. The Kier molecular flexibility index (Phi) is 27.2. The highest BCUT2D eigenvalue weighted by Crippen LogP contribution is 1.81. The lowest BCUT2D eigenvalue weighted by molar-refractivity contribution is -0.00380. The molecule has 0 aliphatic rings. The zero-order valence-corrected chi connectivity index (χ0v) is 10.7. The average molecular weight is 258 g/mol. The molecule has 0 saturated carbocycles. The summed E-state index contributed by atoms with van der Waals surface area (Å²) in [5.41, 5.74) is 0. The van der Waals surface area contributed by atoms with Gasteiger partial charge in [0, 0.05) is 14.2 Å². The minimum Gasteiger partial charge on any atom is -0.412 e. The highest BCUT2D eigenvalue weighted by molar-refractivity contribution is 4.34. The molecule has 108 valence electrons. The Morgan fingerprint density at radius 2 is 0.706 bits per heavy atom. The first kappa shape index (κ1) is 21.9. The van der Waals surface area contributed by atoms with E-state index >= 15 is 0 Å². The van der Waals surface area contributed by atoms with E-state index in [0.717, 1.165) is 0 Å². The summed E-state index contributed by atoms with van der Waals surface area (Å²) in [7, 11) is 3.30. The molecule has 0 fully saturated rings. The lowest BCUT2D eigenvalue weighted by atomic mass is 10.7. The van der Waals surface area contributed by atoms with Crippen LogP contribution in [0.4, 0.5) is 0 Å². The molecule has 0 bridgehead atoms. The summed E-state index contributed by atoms with van der Waals surface area (Å²) in [6.07, 6.45) is 0. The van der Waals surface area contributed by atoms with Crippen molar-refractivity contribution in [3.05, 3.63) is 0 Å². The van der Waals surface area contributed by atoms with Crippen LogP contribution in [0, 0.1) is 0 Å². The lowest BCUT2D eigenvalue weighted by Crippen LogP contribution is -2.12. The average Bonchev–Trinajstić information content (AvgIpc) is 2.26. The zero-order chi connectivity index (χ0) is 11.2. The molecular weight excluding hydrogens is 232 g/mol. The van der Waals surface area contributed by atoms with Gasteiger partial charge in [0.25, 0.3) is 0 Å². The van der Waals surface area contributed by atoms with Crippen LogP contribution >= 0.6 is 0 Å². The molecule has 0 radical (unpaired) electrons. The smallest absolute Gasteiger partial charge is 0.0701 e. The normalized spacial score (nSPS) is 9.53. The third-order valence-electron chi connectivity index (χ3n) is 1.61. The standard InChI is InChI=1S/C10H22O5.2H2O/c1-11-3-5-13-7-9-15-10-8-14-6-4-12-2;;/h3-10H2,1-2H3;2*1H2. The fourth-order valence-corrected chi connectivity index (χ4v) is 0.826. The predicted octanol–water partition coefficient (Wildman–Crippen LogP) is -1.32. The van der Waals surface area contributed by atoms with Gasteiger partial charge in [-0.3, -0.25) is 0 Å². The van der Waals surface area contributed by atoms with Gasteiger partial charge < -0.3 is 34.6 Å². The van der Waals surface area contributed by atoms with Crippen molar-refractivity contribution in [1.82, 2.24) is 0 Å². The first-order valence-electron chi connectivity index (χ1n) is 5.13. The molecule has 4 N–H and O–H groups in total. The molecule has 0 atom stereocenters. The van der Waals surface area contributed by atoms with E-state index in [2.05, 4.69) is 0 Å². The number of methoxy groups -OCH3 is 2. The van der Waals surface area contributed by atoms with Crippen molar-refractivity contribution in [1.29, 1.82) is 0 Å². The highest BCUT2D eigenvalue weighted by atomic mass is 16.6. The summed E-state index contributed by atoms with van der Waals surface area (Å²) < 4.78 is 25.3. The SMILES string of the molecule is COCCOCCOCCOCCOC.O.O. The van der Waals surface area contributed by atoms with Crippen LogP contribution in [0.1, 0.15) is 0 Å². The van der Waals surface area contributed by atoms with E-state index in [0.29, 0.717) is 52.9 Å². The Balaban J connectivity index is -0.000000980. The number of hydrogen-bond donors (Lipinski definition) is 0. The third kappa shape index (κ3) is 21.5. The van der Waals surface area contributed by atoms with E-state index < -0.39 is 0 Å². The van der Waals surface area contributed by atoms with E-state index in [-0.39, 0.29) is 11.0 Å². The fraction of sp³-hybridized carbons (Fsp3) is 1.00. The molecule has 0 aromatic heterocycles. The minimum absolute atomic E-state index is 0. The molecule has 0 unspecified atom stereocenters. The molecule has 0 aliphatic carbocycles. The van der Waals surface area contributed by atoms with Crippen LogP contribution in [0.3, 0.4) is 0 Å². The van der Waals surface area contributed by atoms with Crippen molar-refractivity contribution < 1.29 is 34.6 Å². The van der Waals surface area contributed by atoms with E-state index in [1.165, 1.54) is 0 Å². The zero-order valence-electron chi connectivity index (χ0n) is 10.7. The molecule has 0 spiro atoms. The van der Waals surface area contributed by atoms with E-state index in [1.807, 2.05) is 0 Å². The molecule has 0 rings (SSSR count). The number of rotatable bonds is 12. The van der Waals surface area contributed by atoms with Gasteiger partial charge in [0.2, 0.25) is 0 Å². The summed E-state index contributed by atoms with van der Waals surface area (Å²) in [4.78, 5) is 0. The van der Waals surface area contributed by atoms with Gasteiger partial charge in [-0.1, -0.05) is 0 Å². The summed E-state index contributed by atoms with van der Waals surface area (Å²) in [5, 5.41) is 0. The summed E-state index contributed by atoms with van der Waals surface area (Å²) >= 11 is 0. The van der Waals surface area contributed by atoms with Crippen molar-refractivity contribution in [2.75, 3.05) is 67.1 Å². The number of hydrogen-bond acceptors (Lipinski definition) is 5. The first-order chi connectivity index (χ1) is 7.41. The van der Waals surface area contributed by atoms with Crippen LogP contribution < -0.4 is 0 Å². The molecule has 0 aromatic carbocycles. The van der Waals surface area contributed by atoms with Crippen molar-refractivity contribution in [2.24, 2.45) is 0 Å². The van der Waals surface area contributed by atoms with Gasteiger partial charge >= 0.3 is 0 Å². The quantitative estimate of drug-likeness (QED) is 0.403. The van der Waals surface area contributed by atoms with Crippen molar-refractivity contribution in [2.45, 2.75) is 0 Å². The lowest BCUT2D eigenvalue weighted by Gasteiger charge is -2.06. The molecule has 0 aromatic rings. The Labute approximate surface area is 103 Å². The highest BCUT2D eigenvalue weighted by Gasteiger charge is 1.91. The molecular formula is C10H26O7. The Morgan fingerprint density at radius 3 is 0.941 bits per heavy atom. The maximum absolute atomic E-state index is 5.26. The third-order valence-corrected chi connectivity index (χ3v) is 1.61. The van der Waals surface area contributed by atoms with Crippen LogP contribution in [-0.2, 0) is 23.7 Å². The maximum atomic E-state index is 5.26. The molecule has 0 heterocycles. The minimum atomic E-state index is 0. The Bertz CT molecular complexity index is 101. The van der Waals surface area contributed by atoms with Gasteiger partial charge in [0.1, 0.15) is 0 Å². The fourth-order valence-electron chi connectivity index (χ4n) is 0.826. The van der Waals surface area contributed by atoms with Crippen molar-refractivity contribution in [3.63, 3.8) is 0 Å². The topological polar surface area (TPSA) is 109 Å². The maximum Gasteiger partial charge on any atom is 0.0701 e. The van der Waals surface area contributed by atoms with E-state index in [9.17, 15) is 0 Å². The van der Waals surface area contributed by atoms with Crippen LogP contribution in [-0.4, -0.2) is 78.0 Å². The predicted molar refractivity (Wildman–Crippen MR) is 63.4 cm³/mol. The molecule has 0 saturated heterocycles. The summed E-state index contributed by atoms with van der Waals surface area (Å²) in [5.74, 6) is 0. The van der Waals surface area contributed by atoms with Gasteiger partial charge in [0.05, 0.1) is 52.9 Å². The van der Waals surface area contributed by atoms with Crippen LogP contribution in [0.5, 0.6) is 0 Å². The van der Waals surface area contributed by atoms with Crippen molar-refractivity contribution in [3.8, 4) is 0 Å².